The molecule has 1 aliphatic heterocycles. The summed E-state index contributed by atoms with van der Waals surface area (Å²) >= 11 is 5.85. The van der Waals surface area contributed by atoms with Crippen molar-refractivity contribution in [1.82, 2.24) is 5.32 Å². The summed E-state index contributed by atoms with van der Waals surface area (Å²) < 4.78 is 0. The van der Waals surface area contributed by atoms with E-state index >= 15 is 0 Å². The summed E-state index contributed by atoms with van der Waals surface area (Å²) in [6.07, 6.45) is 0.469. The highest BCUT2D eigenvalue weighted by atomic mass is 35.5. The zero-order chi connectivity index (χ0) is 17.2. The van der Waals surface area contributed by atoms with Crippen LogP contribution in [0.4, 0.5) is 5.69 Å². The summed E-state index contributed by atoms with van der Waals surface area (Å²) in [5, 5.41) is 13.5. The van der Waals surface area contributed by atoms with Gasteiger partial charge in [-0.25, -0.2) is 0 Å². The molecule has 1 aliphatic rings. The molecule has 2 N–H and O–H groups in total. The fourth-order valence-electron chi connectivity index (χ4n) is 2.39. The second-order valence-corrected chi connectivity index (χ2v) is 6.97. The van der Waals surface area contributed by atoms with Crippen LogP contribution in [0.3, 0.4) is 0 Å². The number of benzene rings is 1. The Balaban J connectivity index is 1.98. The lowest BCUT2D eigenvalue weighted by atomic mass is 9.92. The molecule has 1 fully saturated rings. The minimum Gasteiger partial charge on any atom is -0.388 e. The van der Waals surface area contributed by atoms with E-state index in [0.29, 0.717) is 18.0 Å². The summed E-state index contributed by atoms with van der Waals surface area (Å²) in [7, 11) is 0. The predicted octanol–water partition coefficient (Wildman–Crippen LogP) is 2.22. The second-order valence-electron chi connectivity index (χ2n) is 6.54. The molecule has 2 unspecified atom stereocenters. The zero-order valence-electron chi connectivity index (χ0n) is 13.7. The third-order valence-corrected chi connectivity index (χ3v) is 4.78. The zero-order valence-corrected chi connectivity index (χ0v) is 14.4. The average Bonchev–Trinajstić information content (AvgIpc) is 2.87. The largest absolute Gasteiger partial charge is 0.388 e. The summed E-state index contributed by atoms with van der Waals surface area (Å²) in [5.41, 5.74) is -0.253. The van der Waals surface area contributed by atoms with Crippen molar-refractivity contribution in [1.29, 1.82) is 0 Å². The van der Waals surface area contributed by atoms with E-state index in [0.717, 1.165) is 5.69 Å². The van der Waals surface area contributed by atoms with Crippen molar-refractivity contribution in [3.05, 3.63) is 29.3 Å². The average molecular weight is 339 g/mol. The first kappa shape index (κ1) is 17.8. The van der Waals surface area contributed by atoms with Crippen LogP contribution in [0.5, 0.6) is 0 Å². The van der Waals surface area contributed by atoms with Crippen LogP contribution in [0, 0.1) is 11.8 Å². The normalized spacial score (nSPS) is 20.7. The van der Waals surface area contributed by atoms with E-state index in [9.17, 15) is 14.7 Å². The number of carbonyl (C=O) groups excluding carboxylic acids is 2. The molecule has 0 radical (unpaired) electrons. The number of aliphatic hydroxyl groups is 1. The summed E-state index contributed by atoms with van der Waals surface area (Å²) in [6, 6.07) is 6.98. The first-order valence-corrected chi connectivity index (χ1v) is 8.17. The maximum absolute atomic E-state index is 12.5. The van der Waals surface area contributed by atoms with Gasteiger partial charge in [0, 0.05) is 23.8 Å². The molecule has 0 saturated carbocycles. The molecule has 6 heteroatoms. The van der Waals surface area contributed by atoms with Gasteiger partial charge in [-0.3, -0.25) is 9.59 Å². The minimum atomic E-state index is -0.993. The molecule has 0 aromatic heterocycles. The Labute approximate surface area is 141 Å². The number of nitrogens with zero attached hydrogens (tertiary/aromatic N) is 1. The van der Waals surface area contributed by atoms with Gasteiger partial charge in [0.05, 0.1) is 5.60 Å². The molecular weight excluding hydrogens is 316 g/mol. The topological polar surface area (TPSA) is 69.6 Å². The fourth-order valence-corrected chi connectivity index (χ4v) is 2.52. The minimum absolute atomic E-state index is 0.00708. The molecule has 1 aromatic rings. The Morgan fingerprint density at radius 3 is 2.61 bits per heavy atom. The number of hydrogen-bond acceptors (Lipinski definition) is 3. The lowest BCUT2D eigenvalue weighted by molar-refractivity contribution is -0.133. The number of halogens is 1. The second kappa shape index (κ2) is 6.89. The number of nitrogens with one attached hydrogen (secondary N) is 1. The molecule has 1 saturated heterocycles. The Hall–Kier alpha value is -1.59. The predicted molar refractivity (Wildman–Crippen MR) is 90.4 cm³/mol. The summed E-state index contributed by atoms with van der Waals surface area (Å²) in [4.78, 5) is 26.3. The lowest BCUT2D eigenvalue weighted by Crippen LogP contribution is -2.47. The quantitative estimate of drug-likeness (QED) is 0.809. The van der Waals surface area contributed by atoms with E-state index < -0.39 is 11.5 Å². The van der Waals surface area contributed by atoms with Crippen LogP contribution in [0.2, 0.25) is 5.02 Å². The monoisotopic (exact) mass is 338 g/mol. The molecule has 2 rings (SSSR count). The molecule has 1 heterocycles. The number of carbonyl (C=O) groups is 2. The molecule has 2 atom stereocenters. The lowest BCUT2D eigenvalue weighted by Gasteiger charge is -2.28. The Morgan fingerprint density at radius 2 is 2.04 bits per heavy atom. The highest BCUT2D eigenvalue weighted by Crippen LogP contribution is 2.26. The van der Waals surface area contributed by atoms with Crippen molar-refractivity contribution in [3.63, 3.8) is 0 Å². The van der Waals surface area contributed by atoms with Gasteiger partial charge in [0.1, 0.15) is 5.92 Å². The van der Waals surface area contributed by atoms with Gasteiger partial charge in [-0.05, 0) is 43.5 Å². The van der Waals surface area contributed by atoms with Crippen LogP contribution >= 0.6 is 11.6 Å². The third-order valence-electron chi connectivity index (χ3n) is 4.52. The highest BCUT2D eigenvalue weighted by Gasteiger charge is 2.38. The van der Waals surface area contributed by atoms with Gasteiger partial charge in [-0.1, -0.05) is 25.4 Å². The van der Waals surface area contributed by atoms with Crippen LogP contribution in [-0.2, 0) is 9.59 Å². The maximum atomic E-state index is 12.5. The van der Waals surface area contributed by atoms with Gasteiger partial charge in [0.15, 0.2) is 0 Å². The van der Waals surface area contributed by atoms with Gasteiger partial charge in [0.25, 0.3) is 0 Å². The van der Waals surface area contributed by atoms with E-state index in [-0.39, 0.29) is 24.3 Å². The van der Waals surface area contributed by atoms with Crippen molar-refractivity contribution in [2.24, 2.45) is 11.8 Å². The van der Waals surface area contributed by atoms with Crippen LogP contribution in [0.1, 0.15) is 27.2 Å². The molecule has 2 amide bonds. The molecule has 1 aromatic carbocycles. The van der Waals surface area contributed by atoms with Gasteiger partial charge in [-0.2, -0.15) is 0 Å². The molecule has 0 aliphatic carbocycles. The standard InChI is InChI=1S/C17H23ClN2O3/c1-11(2)17(3,23)10-19-15(21)14-8-9-20(16(14)22)13-6-4-12(18)5-7-13/h4-7,11,14,23H,8-10H2,1-3H3,(H,19,21). The SMILES string of the molecule is CC(C)C(C)(O)CNC(=O)C1CCN(c2ccc(Cl)cc2)C1=O. The molecular formula is C17H23ClN2O3. The molecule has 5 nitrogen and oxygen atoms in total. The van der Waals surface area contributed by atoms with E-state index in [4.69, 9.17) is 11.6 Å². The molecule has 23 heavy (non-hydrogen) atoms. The van der Waals surface area contributed by atoms with E-state index in [1.807, 2.05) is 13.8 Å². The highest BCUT2D eigenvalue weighted by molar-refractivity contribution is 6.30. The van der Waals surface area contributed by atoms with Crippen molar-refractivity contribution in [3.8, 4) is 0 Å². The number of rotatable bonds is 5. The number of anilines is 1. The van der Waals surface area contributed by atoms with Crippen LogP contribution in [0.15, 0.2) is 24.3 Å². The maximum Gasteiger partial charge on any atom is 0.239 e. The van der Waals surface area contributed by atoms with Gasteiger partial charge in [0.2, 0.25) is 11.8 Å². The van der Waals surface area contributed by atoms with Crippen molar-refractivity contribution in [2.45, 2.75) is 32.8 Å². The molecule has 0 spiro atoms. The number of amides is 2. The van der Waals surface area contributed by atoms with Crippen LogP contribution in [0.25, 0.3) is 0 Å². The van der Waals surface area contributed by atoms with Crippen LogP contribution in [-0.4, -0.2) is 35.6 Å². The van der Waals surface area contributed by atoms with Crippen molar-refractivity contribution >= 4 is 29.1 Å². The Bertz CT molecular complexity index is 584. The summed E-state index contributed by atoms with van der Waals surface area (Å²) in [6.45, 7) is 6.08. The van der Waals surface area contributed by atoms with Gasteiger partial charge < -0.3 is 15.3 Å². The summed E-state index contributed by atoms with van der Waals surface area (Å²) in [5.74, 6) is -1.23. The number of hydrogen-bond donors (Lipinski definition) is 2. The van der Waals surface area contributed by atoms with Crippen molar-refractivity contribution < 1.29 is 14.7 Å². The molecule has 0 bridgehead atoms. The van der Waals surface area contributed by atoms with Crippen molar-refractivity contribution in [2.75, 3.05) is 18.0 Å². The van der Waals surface area contributed by atoms with Gasteiger partial charge in [-0.15, -0.1) is 0 Å². The first-order chi connectivity index (χ1) is 10.7. The smallest absolute Gasteiger partial charge is 0.239 e. The Morgan fingerprint density at radius 1 is 1.43 bits per heavy atom. The van der Waals surface area contributed by atoms with Crippen LogP contribution < -0.4 is 10.2 Å². The third kappa shape index (κ3) is 4.03. The van der Waals surface area contributed by atoms with Gasteiger partial charge >= 0.3 is 0 Å². The van der Waals surface area contributed by atoms with E-state index in [1.165, 1.54) is 0 Å². The fraction of sp³-hybridized carbons (Fsp3) is 0.529. The van der Waals surface area contributed by atoms with E-state index in [1.54, 1.807) is 36.1 Å². The Kier molecular flexibility index (Phi) is 5.32. The van der Waals surface area contributed by atoms with E-state index in [2.05, 4.69) is 5.32 Å². The molecule has 126 valence electrons. The first-order valence-electron chi connectivity index (χ1n) is 7.79.